The number of benzene rings is 1. The lowest BCUT2D eigenvalue weighted by atomic mass is 10.1. The number of rotatable bonds is 8. The number of likely N-dealkylation sites (tertiary alicyclic amines) is 3. The number of carbonyl (C=O) groups is 3. The van der Waals surface area contributed by atoms with Gasteiger partial charge in [0.25, 0.3) is 0 Å². The molecule has 0 aromatic heterocycles. The Kier molecular flexibility index (Phi) is 8.44. The predicted octanol–water partition coefficient (Wildman–Crippen LogP) is 1.35. The van der Waals surface area contributed by atoms with E-state index in [1.54, 1.807) is 43.9 Å². The Morgan fingerprint density at radius 3 is 2.62 bits per heavy atom. The van der Waals surface area contributed by atoms with Crippen LogP contribution in [0.3, 0.4) is 0 Å². The summed E-state index contributed by atoms with van der Waals surface area (Å²) >= 11 is 0. The Hall–Kier alpha value is -3.21. The summed E-state index contributed by atoms with van der Waals surface area (Å²) < 4.78 is 32.3. The number of hydrogen-bond donors (Lipinski definition) is 2. The van der Waals surface area contributed by atoms with Gasteiger partial charge >= 0.3 is 6.09 Å². The van der Waals surface area contributed by atoms with Gasteiger partial charge in [-0.1, -0.05) is 12.1 Å². The van der Waals surface area contributed by atoms with Gasteiger partial charge in [-0.3, -0.25) is 14.5 Å². The van der Waals surface area contributed by atoms with Crippen molar-refractivity contribution >= 4 is 27.9 Å². The first-order chi connectivity index (χ1) is 18.8. The van der Waals surface area contributed by atoms with Crippen LogP contribution in [0.25, 0.3) is 0 Å². The van der Waals surface area contributed by atoms with Crippen LogP contribution < -0.4 is 10.0 Å². The van der Waals surface area contributed by atoms with Crippen LogP contribution in [-0.4, -0.2) is 97.5 Å². The van der Waals surface area contributed by atoms with Crippen molar-refractivity contribution < 1.29 is 27.5 Å². The standard InChI is InChI=1S/C27H38N6O6S/c1-17(18-8-6-10-21(12-18)40(37,38)29-5)33-20-13-23(25(33)35)31(15-20)16-22(30-26(36)39-27(2,3)4)24(34)32-11-7-9-19(32)14-28/h6,8,10,12,17,19-20,22-23,29H,7,9,11,13,15-16H2,1-5H3,(H,30,36)/t17-,19+,20+,22+,23+/m1/s1. The van der Waals surface area contributed by atoms with E-state index in [1.807, 2.05) is 11.8 Å². The van der Waals surface area contributed by atoms with Gasteiger partial charge in [0.05, 0.1) is 23.0 Å². The highest BCUT2D eigenvalue weighted by atomic mass is 32.2. The molecule has 3 saturated heterocycles. The average molecular weight is 575 g/mol. The number of carbonyl (C=O) groups excluding carboxylic acids is 3. The van der Waals surface area contributed by atoms with Gasteiger partial charge in [0.1, 0.15) is 17.7 Å². The first-order valence-electron chi connectivity index (χ1n) is 13.5. The number of alkyl carbamates (subject to hydrolysis) is 1. The largest absolute Gasteiger partial charge is 0.444 e. The lowest BCUT2D eigenvalue weighted by Gasteiger charge is -2.39. The monoisotopic (exact) mass is 574 g/mol. The van der Waals surface area contributed by atoms with Crippen molar-refractivity contribution in [2.45, 2.75) is 87.7 Å². The zero-order valence-electron chi connectivity index (χ0n) is 23.6. The maximum absolute atomic E-state index is 13.5. The maximum atomic E-state index is 13.5. The zero-order chi connectivity index (χ0) is 29.4. The molecule has 5 atom stereocenters. The number of amides is 3. The van der Waals surface area contributed by atoms with Gasteiger partial charge in [-0.25, -0.2) is 17.9 Å². The van der Waals surface area contributed by atoms with Crippen molar-refractivity contribution in [3.63, 3.8) is 0 Å². The van der Waals surface area contributed by atoms with Crippen molar-refractivity contribution in [1.82, 2.24) is 24.7 Å². The fourth-order valence-electron chi connectivity index (χ4n) is 5.85. The number of piperazine rings is 1. The lowest BCUT2D eigenvalue weighted by Crippen LogP contribution is -2.59. The fourth-order valence-corrected chi connectivity index (χ4v) is 6.64. The Morgan fingerprint density at radius 1 is 1.27 bits per heavy atom. The molecule has 40 heavy (non-hydrogen) atoms. The molecular weight excluding hydrogens is 536 g/mol. The molecule has 1 aromatic carbocycles. The fraction of sp³-hybridized carbons (Fsp3) is 0.630. The molecule has 0 aliphatic carbocycles. The molecular formula is C27H38N6O6S. The molecule has 3 heterocycles. The Bertz CT molecular complexity index is 1310. The summed E-state index contributed by atoms with van der Waals surface area (Å²) in [5, 5.41) is 12.2. The van der Waals surface area contributed by atoms with Crippen molar-refractivity contribution in [3.8, 4) is 6.07 Å². The average Bonchev–Trinajstić information content (AvgIpc) is 3.61. The van der Waals surface area contributed by atoms with Crippen LogP contribution in [0.2, 0.25) is 0 Å². The molecule has 2 N–H and O–H groups in total. The number of fused-ring (bicyclic) bond motifs is 2. The summed E-state index contributed by atoms with van der Waals surface area (Å²) in [6.07, 6.45) is 1.12. The highest BCUT2D eigenvalue weighted by molar-refractivity contribution is 7.89. The molecule has 3 amide bonds. The molecule has 12 nitrogen and oxygen atoms in total. The smallest absolute Gasteiger partial charge is 0.408 e. The van der Waals surface area contributed by atoms with Crippen molar-refractivity contribution in [2.24, 2.45) is 0 Å². The van der Waals surface area contributed by atoms with Crippen LogP contribution >= 0.6 is 0 Å². The van der Waals surface area contributed by atoms with E-state index < -0.39 is 39.8 Å². The van der Waals surface area contributed by atoms with E-state index in [0.717, 1.165) is 0 Å². The molecule has 3 fully saturated rings. The van der Waals surface area contributed by atoms with Gasteiger partial charge in [0.15, 0.2) is 0 Å². The van der Waals surface area contributed by atoms with Gasteiger partial charge in [-0.2, -0.15) is 5.26 Å². The molecule has 1 aromatic rings. The quantitative estimate of drug-likeness (QED) is 0.472. The molecule has 0 saturated carbocycles. The van der Waals surface area contributed by atoms with E-state index in [4.69, 9.17) is 4.74 Å². The Labute approximate surface area is 235 Å². The van der Waals surface area contributed by atoms with Crippen LogP contribution in [0.5, 0.6) is 0 Å². The minimum atomic E-state index is -3.63. The molecule has 218 valence electrons. The molecule has 3 aliphatic heterocycles. The van der Waals surface area contributed by atoms with Gasteiger partial charge in [0.2, 0.25) is 21.8 Å². The second-order valence-electron chi connectivity index (χ2n) is 11.6. The molecule has 0 radical (unpaired) electrons. The van der Waals surface area contributed by atoms with E-state index in [9.17, 15) is 28.1 Å². The van der Waals surface area contributed by atoms with Crippen LogP contribution in [0.4, 0.5) is 4.79 Å². The normalized spacial score (nSPS) is 24.6. The maximum Gasteiger partial charge on any atom is 0.408 e. The van der Waals surface area contributed by atoms with Gasteiger partial charge < -0.3 is 19.9 Å². The van der Waals surface area contributed by atoms with Gasteiger partial charge in [0, 0.05) is 25.7 Å². The van der Waals surface area contributed by atoms with E-state index in [-0.39, 0.29) is 35.3 Å². The topological polar surface area (TPSA) is 152 Å². The highest BCUT2D eigenvalue weighted by Gasteiger charge is 2.52. The number of nitriles is 1. The molecule has 13 heteroatoms. The van der Waals surface area contributed by atoms with Crippen molar-refractivity contribution in [3.05, 3.63) is 29.8 Å². The number of nitrogens with zero attached hydrogens (tertiary/aromatic N) is 4. The molecule has 3 aliphatic rings. The molecule has 4 rings (SSSR count). The summed E-state index contributed by atoms with van der Waals surface area (Å²) in [5.41, 5.74) is -0.0519. The second-order valence-corrected chi connectivity index (χ2v) is 13.5. The third kappa shape index (κ3) is 6.09. The summed E-state index contributed by atoms with van der Waals surface area (Å²) in [6.45, 7) is 8.10. The van der Waals surface area contributed by atoms with Crippen molar-refractivity contribution in [2.75, 3.05) is 26.7 Å². The number of hydrogen-bond acceptors (Lipinski definition) is 8. The van der Waals surface area contributed by atoms with E-state index in [0.29, 0.717) is 37.9 Å². The molecule has 0 unspecified atom stereocenters. The Morgan fingerprint density at radius 2 is 2.00 bits per heavy atom. The number of ether oxygens (including phenoxy) is 1. The van der Waals surface area contributed by atoms with E-state index in [2.05, 4.69) is 16.1 Å². The first-order valence-corrected chi connectivity index (χ1v) is 15.0. The van der Waals surface area contributed by atoms with Gasteiger partial charge in [-0.05, 0) is 71.7 Å². The third-order valence-electron chi connectivity index (χ3n) is 7.74. The summed E-state index contributed by atoms with van der Waals surface area (Å²) in [5.74, 6) is -0.469. The number of nitrogens with one attached hydrogen (secondary N) is 2. The minimum absolute atomic E-state index is 0.106. The second kappa shape index (κ2) is 11.3. The molecule has 2 bridgehead atoms. The van der Waals surface area contributed by atoms with E-state index in [1.165, 1.54) is 18.0 Å². The van der Waals surface area contributed by atoms with Crippen LogP contribution in [-0.2, 0) is 24.3 Å². The first kappa shape index (κ1) is 29.8. The lowest BCUT2D eigenvalue weighted by molar-refractivity contribution is -0.141. The van der Waals surface area contributed by atoms with Crippen LogP contribution in [0.15, 0.2) is 29.2 Å². The Balaban J connectivity index is 1.50. The van der Waals surface area contributed by atoms with E-state index >= 15 is 0 Å². The third-order valence-corrected chi connectivity index (χ3v) is 9.15. The number of sulfonamides is 1. The molecule has 0 spiro atoms. The van der Waals surface area contributed by atoms with Crippen LogP contribution in [0, 0.1) is 11.3 Å². The summed E-state index contributed by atoms with van der Waals surface area (Å²) in [4.78, 5) is 45.0. The van der Waals surface area contributed by atoms with Crippen LogP contribution in [0.1, 0.15) is 58.6 Å². The zero-order valence-corrected chi connectivity index (χ0v) is 24.4. The summed E-state index contributed by atoms with van der Waals surface area (Å²) in [7, 11) is -2.28. The van der Waals surface area contributed by atoms with Gasteiger partial charge in [-0.15, -0.1) is 0 Å². The summed E-state index contributed by atoms with van der Waals surface area (Å²) in [6, 6.07) is 6.22. The SMILES string of the molecule is CNS(=O)(=O)c1cccc([C@@H](C)N2C(=O)[C@@H]3C[C@H]2CN3C[C@H](NC(=O)OC(C)(C)C)C(=O)N2CCC[C@H]2C#N)c1. The minimum Gasteiger partial charge on any atom is -0.444 e. The van der Waals surface area contributed by atoms with Crippen molar-refractivity contribution in [1.29, 1.82) is 5.26 Å². The predicted molar refractivity (Wildman–Crippen MR) is 145 cm³/mol. The highest BCUT2D eigenvalue weighted by Crippen LogP contribution is 2.38.